The van der Waals surface area contributed by atoms with E-state index in [-0.39, 0.29) is 6.04 Å². The van der Waals surface area contributed by atoms with Crippen LogP contribution in [0.4, 0.5) is 4.79 Å². The first-order valence-electron chi connectivity index (χ1n) is 6.88. The second-order valence-electron chi connectivity index (χ2n) is 4.73. The van der Waals surface area contributed by atoms with Gasteiger partial charge in [-0.25, -0.2) is 14.3 Å². The molecular weight excluding hydrogens is 278 g/mol. The van der Waals surface area contributed by atoms with Gasteiger partial charge in [-0.15, -0.1) is 5.10 Å². The molecule has 1 fully saturated rings. The molecule has 0 bridgehead atoms. The van der Waals surface area contributed by atoms with E-state index in [2.05, 4.69) is 15.6 Å². The van der Waals surface area contributed by atoms with Gasteiger partial charge in [0, 0.05) is 32.2 Å². The first kappa shape index (κ1) is 15.2. The molecule has 0 radical (unpaired) electrons. The van der Waals surface area contributed by atoms with Crippen molar-refractivity contribution < 1.29 is 19.4 Å². The normalized spacial score (nSPS) is 18.5. The fourth-order valence-corrected chi connectivity index (χ4v) is 2.26. The zero-order valence-corrected chi connectivity index (χ0v) is 11.9. The van der Waals surface area contributed by atoms with Crippen LogP contribution in [0, 0.1) is 0 Å². The smallest absolute Gasteiger partial charge is 0.407 e. The summed E-state index contributed by atoms with van der Waals surface area (Å²) in [6, 6.07) is 0.0362. The van der Waals surface area contributed by atoms with Gasteiger partial charge in [0.05, 0.1) is 12.8 Å². The summed E-state index contributed by atoms with van der Waals surface area (Å²) in [6.45, 7) is 4.04. The molecule has 21 heavy (non-hydrogen) atoms. The van der Waals surface area contributed by atoms with E-state index in [0.29, 0.717) is 44.9 Å². The molecule has 0 saturated carbocycles. The highest BCUT2D eigenvalue weighted by Crippen LogP contribution is 2.07. The minimum Gasteiger partial charge on any atom is -0.465 e. The third-order valence-corrected chi connectivity index (χ3v) is 3.32. The van der Waals surface area contributed by atoms with Crippen LogP contribution in [0.1, 0.15) is 23.8 Å². The number of nitrogens with zero attached hydrogens (tertiary/aromatic N) is 4. The van der Waals surface area contributed by atoms with Gasteiger partial charge in [-0.1, -0.05) is 5.21 Å². The lowest BCUT2D eigenvalue weighted by molar-refractivity contribution is 0.0511. The molecule has 1 aliphatic heterocycles. The van der Waals surface area contributed by atoms with Crippen LogP contribution in [0.5, 0.6) is 0 Å². The van der Waals surface area contributed by atoms with E-state index in [0.717, 1.165) is 0 Å². The molecular formula is C12H19N5O4. The van der Waals surface area contributed by atoms with Gasteiger partial charge in [-0.3, -0.25) is 0 Å². The molecule has 2 rings (SSSR count). The van der Waals surface area contributed by atoms with Crippen molar-refractivity contribution in [1.82, 2.24) is 25.2 Å². The average molecular weight is 297 g/mol. The molecule has 0 aromatic carbocycles. The molecule has 1 atom stereocenters. The molecule has 1 saturated heterocycles. The third kappa shape index (κ3) is 3.91. The van der Waals surface area contributed by atoms with E-state index in [9.17, 15) is 9.59 Å². The molecule has 1 aromatic rings. The predicted molar refractivity (Wildman–Crippen MR) is 72.0 cm³/mol. The molecule has 0 unspecified atom stereocenters. The van der Waals surface area contributed by atoms with Crippen molar-refractivity contribution >= 4 is 12.1 Å². The van der Waals surface area contributed by atoms with E-state index in [1.807, 2.05) is 0 Å². The van der Waals surface area contributed by atoms with Gasteiger partial charge in [0.1, 0.15) is 0 Å². The summed E-state index contributed by atoms with van der Waals surface area (Å²) in [4.78, 5) is 24.0. The largest absolute Gasteiger partial charge is 0.465 e. The fourth-order valence-electron chi connectivity index (χ4n) is 2.26. The van der Waals surface area contributed by atoms with Crippen LogP contribution in [0.2, 0.25) is 0 Å². The van der Waals surface area contributed by atoms with Crippen molar-refractivity contribution in [3.05, 3.63) is 11.9 Å². The summed E-state index contributed by atoms with van der Waals surface area (Å²) in [5.74, 6) is -0.453. The SMILES string of the molecule is CCOC(=O)c1cnnn1CC[C@@H]1CN(C(=O)O)CCN1. The Labute approximate surface area is 121 Å². The van der Waals surface area contributed by atoms with Crippen molar-refractivity contribution in [2.75, 3.05) is 26.2 Å². The van der Waals surface area contributed by atoms with Gasteiger partial charge in [0.15, 0.2) is 5.69 Å². The fraction of sp³-hybridized carbons (Fsp3) is 0.667. The number of hydrogen-bond acceptors (Lipinski definition) is 6. The van der Waals surface area contributed by atoms with E-state index >= 15 is 0 Å². The number of ether oxygens (including phenoxy) is 1. The quantitative estimate of drug-likeness (QED) is 0.724. The van der Waals surface area contributed by atoms with Gasteiger partial charge >= 0.3 is 12.1 Å². The van der Waals surface area contributed by atoms with Gasteiger partial charge < -0.3 is 20.1 Å². The zero-order chi connectivity index (χ0) is 15.2. The molecule has 9 heteroatoms. The lowest BCUT2D eigenvalue weighted by Crippen LogP contribution is -2.52. The molecule has 1 amide bonds. The van der Waals surface area contributed by atoms with E-state index in [1.165, 1.54) is 15.8 Å². The number of piperazine rings is 1. The summed E-state index contributed by atoms with van der Waals surface area (Å²) in [5.41, 5.74) is 0.308. The molecule has 2 heterocycles. The summed E-state index contributed by atoms with van der Waals surface area (Å²) in [7, 11) is 0. The lowest BCUT2D eigenvalue weighted by Gasteiger charge is -2.31. The number of nitrogens with one attached hydrogen (secondary N) is 1. The number of aryl methyl sites for hydroxylation is 1. The van der Waals surface area contributed by atoms with Crippen molar-refractivity contribution in [3.63, 3.8) is 0 Å². The Balaban J connectivity index is 1.90. The highest BCUT2D eigenvalue weighted by atomic mass is 16.5. The number of carbonyl (C=O) groups is 2. The number of carboxylic acid groups (broad SMARTS) is 1. The Hall–Kier alpha value is -2.16. The van der Waals surface area contributed by atoms with Gasteiger partial charge in [0.2, 0.25) is 0 Å². The average Bonchev–Trinajstić information content (AvgIpc) is 2.94. The Morgan fingerprint density at radius 1 is 1.57 bits per heavy atom. The second kappa shape index (κ2) is 7.02. The van der Waals surface area contributed by atoms with Gasteiger partial charge in [-0.2, -0.15) is 0 Å². The number of carbonyl (C=O) groups excluding carboxylic acids is 1. The minimum atomic E-state index is -0.908. The molecule has 0 aliphatic carbocycles. The first-order chi connectivity index (χ1) is 10.1. The Bertz CT molecular complexity index is 504. The van der Waals surface area contributed by atoms with Crippen LogP contribution in [0.15, 0.2) is 6.20 Å². The highest BCUT2D eigenvalue weighted by molar-refractivity contribution is 5.87. The topological polar surface area (TPSA) is 110 Å². The Morgan fingerprint density at radius 3 is 3.10 bits per heavy atom. The lowest BCUT2D eigenvalue weighted by atomic mass is 10.1. The maximum atomic E-state index is 11.7. The van der Waals surface area contributed by atoms with E-state index in [1.54, 1.807) is 6.92 Å². The van der Waals surface area contributed by atoms with Crippen molar-refractivity contribution in [1.29, 1.82) is 0 Å². The van der Waals surface area contributed by atoms with E-state index in [4.69, 9.17) is 9.84 Å². The number of esters is 1. The Morgan fingerprint density at radius 2 is 2.38 bits per heavy atom. The summed E-state index contributed by atoms with van der Waals surface area (Å²) in [5, 5.41) is 19.8. The van der Waals surface area contributed by atoms with Crippen molar-refractivity contribution in [2.45, 2.75) is 25.9 Å². The van der Waals surface area contributed by atoms with Crippen LogP contribution < -0.4 is 5.32 Å². The molecule has 0 spiro atoms. The second-order valence-corrected chi connectivity index (χ2v) is 4.73. The van der Waals surface area contributed by atoms with Crippen LogP contribution in [-0.2, 0) is 11.3 Å². The minimum absolute atomic E-state index is 0.0362. The third-order valence-electron chi connectivity index (χ3n) is 3.32. The molecule has 9 nitrogen and oxygen atoms in total. The molecule has 1 aromatic heterocycles. The monoisotopic (exact) mass is 297 g/mol. The van der Waals surface area contributed by atoms with Crippen LogP contribution in [-0.4, -0.2) is 69.3 Å². The van der Waals surface area contributed by atoms with Crippen LogP contribution >= 0.6 is 0 Å². The van der Waals surface area contributed by atoms with Gasteiger partial charge in [0.25, 0.3) is 0 Å². The number of hydrogen-bond donors (Lipinski definition) is 2. The maximum Gasteiger partial charge on any atom is 0.407 e. The molecule has 116 valence electrons. The van der Waals surface area contributed by atoms with Crippen LogP contribution in [0.25, 0.3) is 0 Å². The van der Waals surface area contributed by atoms with Gasteiger partial charge in [-0.05, 0) is 13.3 Å². The van der Waals surface area contributed by atoms with Crippen LogP contribution in [0.3, 0.4) is 0 Å². The predicted octanol–water partition coefficient (Wildman–Crippen LogP) is -0.203. The highest BCUT2D eigenvalue weighted by Gasteiger charge is 2.23. The van der Waals surface area contributed by atoms with Crippen molar-refractivity contribution in [3.8, 4) is 0 Å². The summed E-state index contributed by atoms with van der Waals surface area (Å²) in [6.07, 6.45) is 1.12. The number of aromatic nitrogens is 3. The number of rotatable bonds is 5. The number of amides is 1. The first-order valence-corrected chi connectivity index (χ1v) is 6.88. The summed E-state index contributed by atoms with van der Waals surface area (Å²) < 4.78 is 6.41. The standard InChI is InChI=1S/C12H19N5O4/c1-2-21-11(18)10-7-14-15-17(10)5-3-9-8-16(12(19)20)6-4-13-9/h7,9,13H,2-6,8H2,1H3,(H,19,20)/t9-/m1/s1. The molecule has 1 aliphatic rings. The van der Waals surface area contributed by atoms with Crippen molar-refractivity contribution in [2.24, 2.45) is 0 Å². The van der Waals surface area contributed by atoms with E-state index < -0.39 is 12.1 Å². The maximum absolute atomic E-state index is 11.7. The Kier molecular flexibility index (Phi) is 5.09. The summed E-state index contributed by atoms with van der Waals surface area (Å²) >= 11 is 0. The molecule has 2 N–H and O–H groups in total. The zero-order valence-electron chi connectivity index (χ0n) is 11.9.